The Kier molecular flexibility index (Phi) is 4.79. The number of esters is 2. The quantitative estimate of drug-likeness (QED) is 0.490. The van der Waals surface area contributed by atoms with Crippen LogP contribution in [0.3, 0.4) is 0 Å². The van der Waals surface area contributed by atoms with Crippen LogP contribution in [0.25, 0.3) is 10.9 Å². The van der Waals surface area contributed by atoms with E-state index in [2.05, 4.69) is 9.15 Å². The van der Waals surface area contributed by atoms with Crippen molar-refractivity contribution in [1.29, 1.82) is 0 Å². The van der Waals surface area contributed by atoms with Crippen molar-refractivity contribution in [3.8, 4) is 0 Å². The molecule has 1 aliphatic heterocycles. The largest absolute Gasteiger partial charge is 0.422 e. The average Bonchev–Trinajstić information content (AvgIpc) is 2.62. The van der Waals surface area contributed by atoms with E-state index in [9.17, 15) is 19.2 Å². The van der Waals surface area contributed by atoms with Crippen molar-refractivity contribution >= 4 is 22.8 Å². The topological polar surface area (TPSA) is 95.6 Å². The van der Waals surface area contributed by atoms with Gasteiger partial charge in [-0.1, -0.05) is 30.3 Å². The molecule has 1 aliphatic rings. The van der Waals surface area contributed by atoms with Gasteiger partial charge in [-0.3, -0.25) is 9.36 Å². The molecule has 0 spiro atoms. The van der Waals surface area contributed by atoms with E-state index in [1.807, 2.05) is 6.92 Å². The van der Waals surface area contributed by atoms with Gasteiger partial charge < -0.3 is 9.15 Å². The zero-order valence-corrected chi connectivity index (χ0v) is 13.9. The molecule has 0 atom stereocenters. The Bertz CT molecular complexity index is 1110. The smallest absolute Gasteiger partial charge is 0.389 e. The second-order valence-corrected chi connectivity index (χ2v) is 5.51. The lowest BCUT2D eigenvalue weighted by molar-refractivity contribution is -0.137. The van der Waals surface area contributed by atoms with E-state index in [1.54, 1.807) is 48.5 Å². The Morgan fingerprint density at radius 1 is 0.962 bits per heavy atom. The number of hydrogen-bond acceptors (Lipinski definition) is 6. The fourth-order valence-corrected chi connectivity index (χ4v) is 2.69. The number of carbonyl (C=O) groups is 2. The molecule has 7 heteroatoms. The van der Waals surface area contributed by atoms with Crippen LogP contribution in [0.4, 0.5) is 0 Å². The van der Waals surface area contributed by atoms with E-state index in [-0.39, 0.29) is 6.42 Å². The van der Waals surface area contributed by atoms with Gasteiger partial charge in [0.2, 0.25) is 0 Å². The van der Waals surface area contributed by atoms with Crippen molar-refractivity contribution in [2.75, 3.05) is 0 Å². The van der Waals surface area contributed by atoms with Gasteiger partial charge in [-0.15, -0.1) is 0 Å². The minimum Gasteiger partial charge on any atom is -0.389 e. The van der Waals surface area contributed by atoms with Crippen LogP contribution < -0.4 is 11.4 Å². The molecule has 0 N–H and O–H groups in total. The molecule has 4 rings (SSSR count). The normalized spacial score (nSPS) is 12.8. The van der Waals surface area contributed by atoms with E-state index in [4.69, 9.17) is 0 Å². The van der Waals surface area contributed by atoms with Gasteiger partial charge in [0, 0.05) is 6.54 Å². The number of fused-ring (bicyclic) bond motifs is 2. The van der Waals surface area contributed by atoms with Crippen LogP contribution >= 0.6 is 0 Å². The molecule has 0 amide bonds. The van der Waals surface area contributed by atoms with Crippen LogP contribution in [0, 0.1) is 0 Å². The predicted octanol–water partition coefficient (Wildman–Crippen LogP) is 1.90. The first-order valence-electron chi connectivity index (χ1n) is 7.97. The second-order valence-electron chi connectivity index (χ2n) is 5.51. The third-order valence-corrected chi connectivity index (χ3v) is 3.91. The summed E-state index contributed by atoms with van der Waals surface area (Å²) in [5, 5.41) is 0.439. The summed E-state index contributed by atoms with van der Waals surface area (Å²) in [6.45, 7) is 2.32. The number of cyclic esters (lactones) is 2. The van der Waals surface area contributed by atoms with Gasteiger partial charge in [0.05, 0.1) is 22.9 Å². The van der Waals surface area contributed by atoms with E-state index in [0.717, 1.165) is 5.56 Å². The number of nitrogens with zero attached hydrogens (tertiary/aromatic N) is 1. The van der Waals surface area contributed by atoms with Gasteiger partial charge in [-0.05, 0) is 30.7 Å². The molecule has 3 aromatic rings. The minimum absolute atomic E-state index is 0.196. The van der Waals surface area contributed by atoms with E-state index in [1.165, 1.54) is 4.57 Å². The molecule has 0 unspecified atom stereocenters. The summed E-state index contributed by atoms with van der Waals surface area (Å²) in [5.41, 5.74) is 1.29. The molecule has 26 heavy (non-hydrogen) atoms. The Morgan fingerprint density at radius 3 is 2.42 bits per heavy atom. The van der Waals surface area contributed by atoms with E-state index < -0.39 is 23.3 Å². The van der Waals surface area contributed by atoms with Gasteiger partial charge in [0.15, 0.2) is 0 Å². The van der Waals surface area contributed by atoms with Crippen LogP contribution in [0.2, 0.25) is 0 Å². The summed E-state index contributed by atoms with van der Waals surface area (Å²) in [6.07, 6.45) is 0.196. The number of aryl methyl sites for hydroxylation is 1. The number of hydrogen-bond donors (Lipinski definition) is 0. The first-order valence-corrected chi connectivity index (χ1v) is 7.97. The minimum atomic E-state index is -0.601. The van der Waals surface area contributed by atoms with Gasteiger partial charge in [0.25, 0.3) is 0 Å². The SMILES string of the molecule is CCn1c(=O)oc(=O)c2ccccc21.O=C1Cc2ccccc2C(=O)O1. The van der Waals surface area contributed by atoms with Crippen molar-refractivity contribution in [1.82, 2.24) is 4.57 Å². The van der Waals surface area contributed by atoms with Gasteiger partial charge in [0.1, 0.15) is 0 Å². The Hall–Kier alpha value is -3.48. The maximum atomic E-state index is 11.3. The molecule has 0 saturated heterocycles. The average molecular weight is 353 g/mol. The number of aromatic nitrogens is 1. The number of benzene rings is 2. The summed E-state index contributed by atoms with van der Waals surface area (Å²) in [5.74, 6) is -1.61. The molecule has 0 aliphatic carbocycles. The van der Waals surface area contributed by atoms with Crippen LogP contribution in [0.1, 0.15) is 22.8 Å². The second kappa shape index (κ2) is 7.18. The highest BCUT2D eigenvalue weighted by Gasteiger charge is 2.23. The molecule has 1 aromatic heterocycles. The Morgan fingerprint density at radius 2 is 1.65 bits per heavy atom. The molecule has 2 heterocycles. The fraction of sp³-hybridized carbons (Fsp3) is 0.158. The molecule has 0 saturated carbocycles. The number of para-hydroxylation sites is 1. The lowest BCUT2D eigenvalue weighted by Gasteiger charge is -2.12. The maximum absolute atomic E-state index is 11.3. The molecule has 0 fully saturated rings. The Labute approximate surface area is 147 Å². The Balaban J connectivity index is 0.000000152. The zero-order valence-electron chi connectivity index (χ0n) is 13.9. The van der Waals surface area contributed by atoms with Crippen molar-refractivity contribution in [2.45, 2.75) is 19.9 Å². The van der Waals surface area contributed by atoms with Gasteiger partial charge >= 0.3 is 23.3 Å². The van der Waals surface area contributed by atoms with Crippen LogP contribution in [-0.2, 0) is 22.5 Å². The molecule has 7 nitrogen and oxygen atoms in total. The molecular weight excluding hydrogens is 338 g/mol. The molecule has 0 radical (unpaired) electrons. The van der Waals surface area contributed by atoms with Crippen LogP contribution in [0.15, 0.2) is 62.5 Å². The third kappa shape index (κ3) is 3.32. The molecule has 0 bridgehead atoms. The first kappa shape index (κ1) is 17.3. The lowest BCUT2D eigenvalue weighted by atomic mass is 10.0. The number of ether oxygens (including phenoxy) is 1. The highest BCUT2D eigenvalue weighted by Crippen LogP contribution is 2.16. The molecule has 2 aromatic carbocycles. The highest BCUT2D eigenvalue weighted by molar-refractivity contribution is 6.02. The standard InChI is InChI=1S/C10H9NO3.C9H6O3/c1-2-11-8-6-4-3-5-7(8)9(12)14-10(11)13;10-8-5-6-3-1-2-4-7(6)9(11)12-8/h3-6H,2H2,1H3;1-4H,5H2. The number of carbonyl (C=O) groups excluding carboxylic acids is 2. The van der Waals surface area contributed by atoms with Crippen molar-refractivity contribution in [3.05, 3.63) is 80.6 Å². The summed E-state index contributed by atoms with van der Waals surface area (Å²) >= 11 is 0. The van der Waals surface area contributed by atoms with Crippen molar-refractivity contribution < 1.29 is 18.7 Å². The van der Waals surface area contributed by atoms with Gasteiger partial charge in [-0.25, -0.2) is 14.4 Å². The van der Waals surface area contributed by atoms with E-state index in [0.29, 0.717) is 23.0 Å². The predicted molar refractivity (Wildman–Crippen MR) is 93.0 cm³/mol. The summed E-state index contributed by atoms with van der Waals surface area (Å²) in [4.78, 5) is 44.4. The molecule has 132 valence electrons. The van der Waals surface area contributed by atoms with Crippen molar-refractivity contribution in [3.63, 3.8) is 0 Å². The zero-order chi connectivity index (χ0) is 18.7. The summed E-state index contributed by atoms with van der Waals surface area (Å²) < 4.78 is 10.4. The first-order chi connectivity index (χ1) is 12.5. The van der Waals surface area contributed by atoms with Gasteiger partial charge in [-0.2, -0.15) is 0 Å². The third-order valence-electron chi connectivity index (χ3n) is 3.91. The molecular formula is C19H15NO6. The van der Waals surface area contributed by atoms with Crippen LogP contribution in [0.5, 0.6) is 0 Å². The monoisotopic (exact) mass is 353 g/mol. The van der Waals surface area contributed by atoms with Crippen molar-refractivity contribution in [2.24, 2.45) is 0 Å². The highest BCUT2D eigenvalue weighted by atomic mass is 16.6. The number of rotatable bonds is 1. The summed E-state index contributed by atoms with van der Waals surface area (Å²) in [7, 11) is 0. The lowest BCUT2D eigenvalue weighted by Crippen LogP contribution is -2.24. The van der Waals surface area contributed by atoms with Crippen LogP contribution in [-0.4, -0.2) is 16.5 Å². The maximum Gasteiger partial charge on any atom is 0.422 e. The van der Waals surface area contributed by atoms with E-state index >= 15 is 0 Å². The fourth-order valence-electron chi connectivity index (χ4n) is 2.69. The summed E-state index contributed by atoms with van der Waals surface area (Å²) in [6, 6.07) is 13.9.